The van der Waals surface area contributed by atoms with E-state index in [1.807, 2.05) is 0 Å². The zero-order valence-corrected chi connectivity index (χ0v) is 10.4. The highest BCUT2D eigenvalue weighted by atomic mass is 16.5. The Morgan fingerprint density at radius 3 is 2.62 bits per heavy atom. The molecule has 3 nitrogen and oxygen atoms in total. The van der Waals surface area contributed by atoms with E-state index in [0.717, 1.165) is 25.7 Å². The maximum absolute atomic E-state index is 11.6. The second-order valence-corrected chi connectivity index (χ2v) is 4.85. The van der Waals surface area contributed by atoms with E-state index in [1.165, 1.54) is 25.7 Å². The van der Waals surface area contributed by atoms with Crippen molar-refractivity contribution in [2.75, 3.05) is 6.61 Å². The van der Waals surface area contributed by atoms with Gasteiger partial charge in [0.1, 0.15) is 0 Å². The van der Waals surface area contributed by atoms with Gasteiger partial charge < -0.3 is 10.5 Å². The number of ether oxygens (including phenoxy) is 1. The number of hydrogen-bond acceptors (Lipinski definition) is 3. The quantitative estimate of drug-likeness (QED) is 0.537. The molecule has 0 saturated heterocycles. The molecular weight excluding hydrogens is 202 g/mol. The van der Waals surface area contributed by atoms with Crippen LogP contribution in [0.3, 0.4) is 0 Å². The third-order valence-corrected chi connectivity index (χ3v) is 3.30. The Balaban J connectivity index is 1.98. The second-order valence-electron chi connectivity index (χ2n) is 4.85. The summed E-state index contributed by atoms with van der Waals surface area (Å²) in [5.41, 5.74) is 5.76. The van der Waals surface area contributed by atoms with Gasteiger partial charge in [0.25, 0.3) is 0 Å². The van der Waals surface area contributed by atoms with Crippen LogP contribution in [0.4, 0.5) is 0 Å². The Hall–Kier alpha value is -0.570. The molecule has 2 atom stereocenters. The van der Waals surface area contributed by atoms with Gasteiger partial charge >= 0.3 is 5.97 Å². The third kappa shape index (κ3) is 4.97. The highest BCUT2D eigenvalue weighted by Crippen LogP contribution is 2.25. The van der Waals surface area contributed by atoms with Gasteiger partial charge in [0, 0.05) is 6.04 Å². The van der Waals surface area contributed by atoms with Gasteiger partial charge in [0.05, 0.1) is 12.5 Å². The van der Waals surface area contributed by atoms with Crippen LogP contribution in [-0.4, -0.2) is 18.6 Å². The molecule has 0 amide bonds. The highest BCUT2D eigenvalue weighted by Gasteiger charge is 2.28. The summed E-state index contributed by atoms with van der Waals surface area (Å²) in [6.07, 6.45) is 8.66. The molecule has 3 heteroatoms. The molecule has 0 aromatic rings. The Labute approximate surface area is 98.7 Å². The number of nitrogens with two attached hydrogens (primary N) is 1. The van der Waals surface area contributed by atoms with Crippen LogP contribution in [0.2, 0.25) is 0 Å². The van der Waals surface area contributed by atoms with Crippen LogP contribution in [-0.2, 0) is 9.53 Å². The van der Waals surface area contributed by atoms with E-state index in [2.05, 4.69) is 6.92 Å². The zero-order valence-electron chi connectivity index (χ0n) is 10.4. The molecule has 1 saturated carbocycles. The van der Waals surface area contributed by atoms with Crippen LogP contribution < -0.4 is 5.73 Å². The average Bonchev–Trinajstić information content (AvgIpc) is 2.70. The number of rotatable bonds is 7. The summed E-state index contributed by atoms with van der Waals surface area (Å²) in [6.45, 7) is 2.79. The number of unbranched alkanes of at least 4 members (excludes halogenated alkanes) is 4. The fourth-order valence-electron chi connectivity index (χ4n) is 2.23. The lowest BCUT2D eigenvalue weighted by atomic mass is 10.1. The molecule has 0 spiro atoms. The first-order chi connectivity index (χ1) is 7.74. The van der Waals surface area contributed by atoms with E-state index in [9.17, 15) is 4.79 Å². The fourth-order valence-corrected chi connectivity index (χ4v) is 2.23. The summed E-state index contributed by atoms with van der Waals surface area (Å²) in [4.78, 5) is 11.6. The van der Waals surface area contributed by atoms with Crippen molar-refractivity contribution in [1.29, 1.82) is 0 Å². The molecule has 2 N–H and O–H groups in total. The molecule has 1 rings (SSSR count). The predicted octanol–water partition coefficient (Wildman–Crippen LogP) is 2.63. The van der Waals surface area contributed by atoms with Crippen LogP contribution in [0, 0.1) is 5.92 Å². The van der Waals surface area contributed by atoms with Crippen molar-refractivity contribution in [3.8, 4) is 0 Å². The molecule has 94 valence electrons. The van der Waals surface area contributed by atoms with E-state index in [1.54, 1.807) is 0 Å². The van der Waals surface area contributed by atoms with Crippen molar-refractivity contribution in [3.05, 3.63) is 0 Å². The van der Waals surface area contributed by atoms with Gasteiger partial charge in [-0.15, -0.1) is 0 Å². The van der Waals surface area contributed by atoms with E-state index in [4.69, 9.17) is 10.5 Å². The SMILES string of the molecule is CCCCCCCOC(=O)C1CCC(N)C1. The number of carbonyl (C=O) groups is 1. The maximum Gasteiger partial charge on any atom is 0.308 e. The lowest BCUT2D eigenvalue weighted by Gasteiger charge is -2.09. The molecular formula is C13H25NO2. The van der Waals surface area contributed by atoms with Crippen molar-refractivity contribution >= 4 is 5.97 Å². The van der Waals surface area contributed by atoms with Crippen molar-refractivity contribution in [1.82, 2.24) is 0 Å². The van der Waals surface area contributed by atoms with Crippen LogP contribution in [0.25, 0.3) is 0 Å². The minimum absolute atomic E-state index is 0.0246. The summed E-state index contributed by atoms with van der Waals surface area (Å²) in [5, 5.41) is 0. The first kappa shape index (κ1) is 13.5. The molecule has 2 unspecified atom stereocenters. The summed E-state index contributed by atoms with van der Waals surface area (Å²) >= 11 is 0. The van der Waals surface area contributed by atoms with Gasteiger partial charge in [-0.3, -0.25) is 4.79 Å². The molecule has 0 bridgehead atoms. The Kier molecular flexibility index (Phi) is 6.46. The van der Waals surface area contributed by atoms with Crippen LogP contribution >= 0.6 is 0 Å². The lowest BCUT2D eigenvalue weighted by Crippen LogP contribution is -2.19. The molecule has 16 heavy (non-hydrogen) atoms. The fraction of sp³-hybridized carbons (Fsp3) is 0.923. The zero-order chi connectivity index (χ0) is 11.8. The van der Waals surface area contributed by atoms with Crippen LogP contribution in [0.1, 0.15) is 58.3 Å². The van der Waals surface area contributed by atoms with Gasteiger partial charge in [0.2, 0.25) is 0 Å². The number of esters is 1. The average molecular weight is 227 g/mol. The maximum atomic E-state index is 11.6. The monoisotopic (exact) mass is 227 g/mol. The third-order valence-electron chi connectivity index (χ3n) is 3.30. The van der Waals surface area contributed by atoms with Crippen molar-refractivity contribution in [3.63, 3.8) is 0 Å². The topological polar surface area (TPSA) is 52.3 Å². The van der Waals surface area contributed by atoms with Crippen LogP contribution in [0.5, 0.6) is 0 Å². The number of hydrogen-bond donors (Lipinski definition) is 1. The normalized spacial score (nSPS) is 24.6. The summed E-state index contributed by atoms with van der Waals surface area (Å²) in [7, 11) is 0. The standard InChI is InChI=1S/C13H25NO2/c1-2-3-4-5-6-9-16-13(15)11-7-8-12(14)10-11/h11-12H,2-10,14H2,1H3. The molecule has 1 aliphatic rings. The van der Waals surface area contributed by atoms with Crippen molar-refractivity contribution < 1.29 is 9.53 Å². The minimum Gasteiger partial charge on any atom is -0.465 e. The van der Waals surface area contributed by atoms with Gasteiger partial charge in [0.15, 0.2) is 0 Å². The Morgan fingerprint density at radius 2 is 2.00 bits per heavy atom. The molecule has 0 aromatic carbocycles. The second kappa shape index (κ2) is 7.66. The molecule has 0 radical (unpaired) electrons. The Morgan fingerprint density at radius 1 is 1.25 bits per heavy atom. The summed E-state index contributed by atoms with van der Waals surface area (Å²) < 4.78 is 5.26. The molecule has 1 aliphatic carbocycles. The van der Waals surface area contributed by atoms with E-state index >= 15 is 0 Å². The minimum atomic E-state index is -0.0246. The largest absolute Gasteiger partial charge is 0.465 e. The van der Waals surface area contributed by atoms with E-state index < -0.39 is 0 Å². The summed E-state index contributed by atoms with van der Waals surface area (Å²) in [6, 6.07) is 0.210. The first-order valence-electron chi connectivity index (χ1n) is 6.66. The van der Waals surface area contributed by atoms with Crippen molar-refractivity contribution in [2.24, 2.45) is 11.7 Å². The molecule has 1 fully saturated rings. The van der Waals surface area contributed by atoms with Gasteiger partial charge in [-0.25, -0.2) is 0 Å². The van der Waals surface area contributed by atoms with E-state index in [-0.39, 0.29) is 17.9 Å². The van der Waals surface area contributed by atoms with Crippen LogP contribution in [0.15, 0.2) is 0 Å². The number of carbonyl (C=O) groups excluding carboxylic acids is 1. The molecule has 0 aromatic heterocycles. The lowest BCUT2D eigenvalue weighted by molar-refractivity contribution is -0.148. The molecule has 0 heterocycles. The first-order valence-corrected chi connectivity index (χ1v) is 6.66. The van der Waals surface area contributed by atoms with Gasteiger partial charge in [-0.05, 0) is 25.7 Å². The van der Waals surface area contributed by atoms with Gasteiger partial charge in [-0.2, -0.15) is 0 Å². The summed E-state index contributed by atoms with van der Waals surface area (Å²) in [5.74, 6) is 0.0501. The smallest absolute Gasteiger partial charge is 0.308 e. The van der Waals surface area contributed by atoms with Crippen molar-refractivity contribution in [2.45, 2.75) is 64.3 Å². The predicted molar refractivity (Wildman–Crippen MR) is 65.0 cm³/mol. The van der Waals surface area contributed by atoms with E-state index in [0.29, 0.717) is 6.61 Å². The Bertz CT molecular complexity index is 206. The highest BCUT2D eigenvalue weighted by molar-refractivity contribution is 5.72. The molecule has 0 aliphatic heterocycles. The van der Waals surface area contributed by atoms with Gasteiger partial charge in [-0.1, -0.05) is 32.6 Å².